The number of ether oxygens (including phenoxy) is 3. The van der Waals surface area contributed by atoms with Crippen LogP contribution in [-0.2, 0) is 14.2 Å². The van der Waals surface area contributed by atoms with Gasteiger partial charge in [-0.25, -0.2) is 0 Å². The van der Waals surface area contributed by atoms with Gasteiger partial charge in [0.2, 0.25) is 0 Å². The molecule has 2 fully saturated rings. The average molecular weight is 313 g/mol. The molecule has 2 aliphatic rings. The molecule has 0 amide bonds. The van der Waals surface area contributed by atoms with Gasteiger partial charge in [-0.05, 0) is 0 Å². The first kappa shape index (κ1) is 12.6. The predicted octanol–water partition coefficient (Wildman–Crippen LogP) is 1.35. The van der Waals surface area contributed by atoms with Crippen LogP contribution in [0, 0.1) is 0 Å². The second-order valence-electron chi connectivity index (χ2n) is 5.13. The summed E-state index contributed by atoms with van der Waals surface area (Å²) in [5, 5.41) is 1.05. The number of hydrogen-bond acceptors (Lipinski definition) is 3. The monoisotopic (exact) mass is 314 g/mol. The number of benzene rings is 1. The van der Waals surface area contributed by atoms with E-state index in [0.29, 0.717) is 21.6 Å². The molecule has 0 spiro atoms. The maximum atomic E-state index is 5.94. The zero-order valence-corrected chi connectivity index (χ0v) is 12.4. The van der Waals surface area contributed by atoms with Crippen LogP contribution >= 0.6 is 0 Å². The third kappa shape index (κ3) is 2.63. The Hall–Kier alpha value is -0.381. The van der Waals surface area contributed by atoms with Gasteiger partial charge in [0, 0.05) is 0 Å². The van der Waals surface area contributed by atoms with Gasteiger partial charge in [0.1, 0.15) is 0 Å². The second-order valence-corrected chi connectivity index (χ2v) is 7.43. The standard InChI is InChI=1S/C14H18O3Se/c1-14(2)16-11-8-15-12(13(11)17-14)9-18-10-6-4-3-5-7-10/h3-7,11-13H,8-9H2,1-2H3/t11-,12?,13-/m0/s1. The van der Waals surface area contributed by atoms with Crippen molar-refractivity contribution in [2.75, 3.05) is 6.61 Å². The summed E-state index contributed by atoms with van der Waals surface area (Å²) in [4.78, 5) is 0. The van der Waals surface area contributed by atoms with Crippen molar-refractivity contribution in [3.05, 3.63) is 30.3 Å². The van der Waals surface area contributed by atoms with Gasteiger partial charge in [0.25, 0.3) is 0 Å². The summed E-state index contributed by atoms with van der Waals surface area (Å²) < 4.78 is 19.0. The summed E-state index contributed by atoms with van der Waals surface area (Å²) in [7, 11) is 0. The van der Waals surface area contributed by atoms with E-state index in [2.05, 4.69) is 30.3 Å². The van der Waals surface area contributed by atoms with Gasteiger partial charge in [0.15, 0.2) is 0 Å². The van der Waals surface area contributed by atoms with Crippen LogP contribution in [0.25, 0.3) is 0 Å². The van der Waals surface area contributed by atoms with Gasteiger partial charge in [-0.2, -0.15) is 0 Å². The summed E-state index contributed by atoms with van der Waals surface area (Å²) in [6.45, 7) is 4.62. The molecule has 3 nitrogen and oxygen atoms in total. The van der Waals surface area contributed by atoms with E-state index in [1.54, 1.807) is 0 Å². The van der Waals surface area contributed by atoms with E-state index in [9.17, 15) is 0 Å². The van der Waals surface area contributed by atoms with Crippen LogP contribution in [0.5, 0.6) is 0 Å². The van der Waals surface area contributed by atoms with Crippen LogP contribution in [0.4, 0.5) is 0 Å². The summed E-state index contributed by atoms with van der Waals surface area (Å²) in [6, 6.07) is 10.6. The van der Waals surface area contributed by atoms with Gasteiger partial charge >= 0.3 is 114 Å². The van der Waals surface area contributed by atoms with Crippen molar-refractivity contribution in [3.8, 4) is 0 Å². The van der Waals surface area contributed by atoms with Gasteiger partial charge in [0.05, 0.1) is 0 Å². The average Bonchev–Trinajstić information content (AvgIpc) is 2.83. The van der Waals surface area contributed by atoms with Crippen LogP contribution in [-0.4, -0.2) is 45.7 Å². The first-order chi connectivity index (χ1) is 8.64. The van der Waals surface area contributed by atoms with Crippen molar-refractivity contribution in [1.82, 2.24) is 0 Å². The van der Waals surface area contributed by atoms with Crippen LogP contribution in [0.3, 0.4) is 0 Å². The Morgan fingerprint density at radius 2 is 2.00 bits per heavy atom. The summed E-state index contributed by atoms with van der Waals surface area (Å²) in [5.74, 6) is -0.447. The first-order valence-corrected chi connectivity index (χ1v) is 8.36. The van der Waals surface area contributed by atoms with Crippen molar-refractivity contribution in [2.45, 2.75) is 43.3 Å². The van der Waals surface area contributed by atoms with Crippen molar-refractivity contribution in [2.24, 2.45) is 0 Å². The Morgan fingerprint density at radius 1 is 1.22 bits per heavy atom. The third-order valence-corrected chi connectivity index (χ3v) is 5.53. The summed E-state index contributed by atoms with van der Waals surface area (Å²) in [5.41, 5.74) is 0. The predicted molar refractivity (Wildman–Crippen MR) is 70.2 cm³/mol. The van der Waals surface area contributed by atoms with Gasteiger partial charge in [-0.1, -0.05) is 0 Å². The van der Waals surface area contributed by atoms with E-state index < -0.39 is 5.79 Å². The molecule has 4 heteroatoms. The molecule has 98 valence electrons. The van der Waals surface area contributed by atoms with Crippen LogP contribution in [0.1, 0.15) is 13.8 Å². The number of hydrogen-bond donors (Lipinski definition) is 0. The van der Waals surface area contributed by atoms with Crippen LogP contribution in [0.2, 0.25) is 5.32 Å². The Balaban J connectivity index is 1.58. The molecule has 0 saturated carbocycles. The van der Waals surface area contributed by atoms with Crippen molar-refractivity contribution in [3.63, 3.8) is 0 Å². The first-order valence-electron chi connectivity index (χ1n) is 6.29. The molecule has 0 bridgehead atoms. The Morgan fingerprint density at radius 3 is 2.78 bits per heavy atom. The molecule has 2 heterocycles. The van der Waals surface area contributed by atoms with Gasteiger partial charge in [-0.15, -0.1) is 0 Å². The molecule has 1 unspecified atom stereocenters. The topological polar surface area (TPSA) is 27.7 Å². The fourth-order valence-electron chi connectivity index (χ4n) is 2.46. The van der Waals surface area contributed by atoms with Crippen LogP contribution < -0.4 is 4.46 Å². The molecule has 0 N–H and O–H groups in total. The molecule has 2 aliphatic heterocycles. The van der Waals surface area contributed by atoms with E-state index in [1.807, 2.05) is 13.8 Å². The van der Waals surface area contributed by atoms with Crippen LogP contribution in [0.15, 0.2) is 30.3 Å². The quantitative estimate of drug-likeness (QED) is 0.789. The number of fused-ring (bicyclic) bond motifs is 1. The van der Waals surface area contributed by atoms with E-state index in [1.165, 1.54) is 4.46 Å². The molecule has 18 heavy (non-hydrogen) atoms. The fourth-order valence-corrected chi connectivity index (χ4v) is 4.54. The molecule has 0 aliphatic carbocycles. The Labute approximate surface area is 114 Å². The zero-order chi connectivity index (χ0) is 12.6. The summed E-state index contributed by atoms with van der Waals surface area (Å²) >= 11 is 0.441. The normalized spacial score (nSPS) is 33.6. The number of rotatable bonds is 3. The summed E-state index contributed by atoms with van der Waals surface area (Å²) in [6.07, 6.45) is 0.430. The van der Waals surface area contributed by atoms with Gasteiger partial charge < -0.3 is 0 Å². The zero-order valence-electron chi connectivity index (χ0n) is 10.7. The SMILES string of the molecule is CC1(C)O[C@H]2COC(C[Se]c3ccccc3)[C@H]2O1. The van der Waals surface area contributed by atoms with E-state index in [4.69, 9.17) is 14.2 Å². The molecule has 2 saturated heterocycles. The third-order valence-electron chi connectivity index (χ3n) is 3.22. The maximum absolute atomic E-state index is 5.94. The molecular weight excluding hydrogens is 295 g/mol. The minimum atomic E-state index is -0.447. The van der Waals surface area contributed by atoms with Crippen molar-refractivity contribution < 1.29 is 14.2 Å². The van der Waals surface area contributed by atoms with E-state index >= 15 is 0 Å². The molecular formula is C14H18O3Se. The fraction of sp³-hybridized carbons (Fsp3) is 0.571. The molecule has 3 rings (SSSR count). The van der Waals surface area contributed by atoms with Crippen molar-refractivity contribution >= 4 is 19.4 Å². The molecule has 0 radical (unpaired) electrons. The van der Waals surface area contributed by atoms with Gasteiger partial charge in [-0.3, -0.25) is 0 Å². The van der Waals surface area contributed by atoms with Crippen molar-refractivity contribution in [1.29, 1.82) is 0 Å². The Bertz CT molecular complexity index is 407. The second kappa shape index (κ2) is 4.95. The molecule has 1 aromatic rings. The minimum absolute atomic E-state index is 0.116. The molecule has 1 aromatic carbocycles. The van der Waals surface area contributed by atoms with E-state index in [-0.39, 0.29) is 18.3 Å². The molecule has 3 atom stereocenters. The molecule has 0 aromatic heterocycles. The Kier molecular flexibility index (Phi) is 3.48. The van der Waals surface area contributed by atoms with E-state index in [0.717, 1.165) is 5.32 Å².